The van der Waals surface area contributed by atoms with Gasteiger partial charge in [-0.2, -0.15) is 0 Å². The fraction of sp³-hybridized carbons (Fsp3) is 0.321. The monoisotopic (exact) mass is 522 g/mol. The number of carbonyl (C=O) groups excluding carboxylic acids is 1. The van der Waals surface area contributed by atoms with Gasteiger partial charge in [0.2, 0.25) is 10.0 Å². The molecule has 2 heterocycles. The fourth-order valence-corrected chi connectivity index (χ4v) is 5.90. The molecule has 194 valence electrons. The normalized spacial score (nSPS) is 24.5. The van der Waals surface area contributed by atoms with Crippen molar-refractivity contribution in [2.24, 2.45) is 0 Å². The lowest BCUT2D eigenvalue weighted by Gasteiger charge is -2.27. The van der Waals surface area contributed by atoms with E-state index in [9.17, 15) is 13.2 Å². The second-order valence-electron chi connectivity index (χ2n) is 9.75. The molecular weight excluding hydrogens is 492 g/mol. The Morgan fingerprint density at radius 3 is 2.22 bits per heavy atom. The molecule has 2 N–H and O–H groups in total. The zero-order chi connectivity index (χ0) is 26.1. The standard InChI is InChI=1S/C28H30N2O6S/c1-27(2)35-25-24(34-19-28(25,36-27)18-29-26(31)22-11-7-4-8-12-22)17-30-37(32,33)23-15-13-21(14-16-23)20-9-5-3-6-10-20/h3-16,24-25,30H,17-19H2,1-2H3,(H,29,31)/t24-,25-,28+/m1/s1. The van der Waals surface area contributed by atoms with E-state index in [1.54, 1.807) is 62.4 Å². The summed E-state index contributed by atoms with van der Waals surface area (Å²) < 4.78 is 46.9. The Balaban J connectivity index is 1.25. The largest absolute Gasteiger partial charge is 0.371 e. The van der Waals surface area contributed by atoms with Crippen molar-refractivity contribution in [2.45, 2.75) is 42.3 Å². The zero-order valence-electron chi connectivity index (χ0n) is 20.7. The maximum absolute atomic E-state index is 13.0. The highest BCUT2D eigenvalue weighted by atomic mass is 32.2. The van der Waals surface area contributed by atoms with Gasteiger partial charge in [0.05, 0.1) is 18.0 Å². The van der Waals surface area contributed by atoms with Gasteiger partial charge in [0.25, 0.3) is 5.91 Å². The van der Waals surface area contributed by atoms with E-state index in [4.69, 9.17) is 14.2 Å². The van der Waals surface area contributed by atoms with Crippen LogP contribution in [0, 0.1) is 0 Å². The van der Waals surface area contributed by atoms with E-state index in [1.807, 2.05) is 36.4 Å². The fourth-order valence-electron chi connectivity index (χ4n) is 4.85. The first-order chi connectivity index (χ1) is 17.7. The molecule has 0 aliphatic carbocycles. The maximum atomic E-state index is 13.0. The predicted octanol–water partition coefficient (Wildman–Crippen LogP) is 3.35. The lowest BCUT2D eigenvalue weighted by molar-refractivity contribution is -0.188. The first-order valence-electron chi connectivity index (χ1n) is 12.2. The number of hydrogen-bond donors (Lipinski definition) is 2. The lowest BCUT2D eigenvalue weighted by Crippen LogP contribution is -2.52. The Morgan fingerprint density at radius 2 is 1.54 bits per heavy atom. The van der Waals surface area contributed by atoms with Crippen LogP contribution >= 0.6 is 0 Å². The van der Waals surface area contributed by atoms with Gasteiger partial charge in [0.1, 0.15) is 17.8 Å². The topological polar surface area (TPSA) is 103 Å². The maximum Gasteiger partial charge on any atom is 0.251 e. The Hall–Kier alpha value is -3.08. The van der Waals surface area contributed by atoms with Gasteiger partial charge in [-0.15, -0.1) is 0 Å². The molecule has 0 saturated carbocycles. The molecule has 3 aromatic carbocycles. The van der Waals surface area contributed by atoms with Crippen molar-refractivity contribution < 1.29 is 27.4 Å². The highest BCUT2D eigenvalue weighted by molar-refractivity contribution is 7.89. The van der Waals surface area contributed by atoms with Crippen molar-refractivity contribution in [1.29, 1.82) is 0 Å². The minimum absolute atomic E-state index is 0.00125. The molecule has 2 aliphatic heterocycles. The minimum Gasteiger partial charge on any atom is -0.371 e. The van der Waals surface area contributed by atoms with E-state index in [-0.39, 0.29) is 30.5 Å². The lowest BCUT2D eigenvalue weighted by atomic mass is 9.96. The number of ether oxygens (including phenoxy) is 3. The van der Waals surface area contributed by atoms with Crippen molar-refractivity contribution in [3.63, 3.8) is 0 Å². The number of hydrogen-bond acceptors (Lipinski definition) is 6. The Bertz CT molecular complexity index is 1350. The van der Waals surface area contributed by atoms with Gasteiger partial charge >= 0.3 is 0 Å². The molecule has 0 radical (unpaired) electrons. The van der Waals surface area contributed by atoms with Crippen molar-refractivity contribution in [3.05, 3.63) is 90.5 Å². The molecule has 1 amide bonds. The van der Waals surface area contributed by atoms with Gasteiger partial charge in [-0.25, -0.2) is 13.1 Å². The van der Waals surface area contributed by atoms with Crippen molar-refractivity contribution in [1.82, 2.24) is 10.0 Å². The van der Waals surface area contributed by atoms with Crippen LogP contribution in [0.25, 0.3) is 11.1 Å². The van der Waals surface area contributed by atoms with Crippen LogP contribution in [0.15, 0.2) is 89.8 Å². The summed E-state index contributed by atoms with van der Waals surface area (Å²) in [4.78, 5) is 12.8. The molecule has 2 aliphatic rings. The van der Waals surface area contributed by atoms with E-state index in [1.165, 1.54) is 0 Å². The van der Waals surface area contributed by atoms with Crippen LogP contribution in [0.2, 0.25) is 0 Å². The minimum atomic E-state index is -3.78. The van der Waals surface area contributed by atoms with Crippen molar-refractivity contribution in [2.75, 3.05) is 19.7 Å². The molecule has 9 heteroatoms. The molecule has 2 saturated heterocycles. The molecule has 0 bridgehead atoms. The van der Waals surface area contributed by atoms with Gasteiger partial charge in [-0.3, -0.25) is 4.79 Å². The number of rotatable bonds is 8. The van der Waals surface area contributed by atoms with Gasteiger partial charge < -0.3 is 19.5 Å². The Morgan fingerprint density at radius 1 is 0.919 bits per heavy atom. The molecule has 8 nitrogen and oxygen atoms in total. The Labute approximate surface area is 217 Å². The molecule has 0 unspecified atom stereocenters. The number of benzene rings is 3. The third-order valence-electron chi connectivity index (χ3n) is 6.59. The molecule has 5 rings (SSSR count). The summed E-state index contributed by atoms with van der Waals surface area (Å²) in [5.41, 5.74) is 1.55. The van der Waals surface area contributed by atoms with Crippen LogP contribution in [0.3, 0.4) is 0 Å². The summed E-state index contributed by atoms with van der Waals surface area (Å²) in [6.07, 6.45) is -1.16. The summed E-state index contributed by atoms with van der Waals surface area (Å²) in [5.74, 6) is -1.14. The van der Waals surface area contributed by atoms with Crippen LogP contribution in [0.4, 0.5) is 0 Å². The number of nitrogens with one attached hydrogen (secondary N) is 2. The molecule has 37 heavy (non-hydrogen) atoms. The molecule has 3 atom stereocenters. The molecule has 2 fully saturated rings. The van der Waals surface area contributed by atoms with Crippen LogP contribution in [0.1, 0.15) is 24.2 Å². The van der Waals surface area contributed by atoms with E-state index < -0.39 is 33.6 Å². The second kappa shape index (κ2) is 10.00. The third-order valence-corrected chi connectivity index (χ3v) is 8.03. The van der Waals surface area contributed by atoms with Gasteiger partial charge in [-0.1, -0.05) is 60.7 Å². The quantitative estimate of drug-likeness (QED) is 0.470. The van der Waals surface area contributed by atoms with E-state index in [2.05, 4.69) is 10.0 Å². The summed E-state index contributed by atoms with van der Waals surface area (Å²) in [7, 11) is -3.78. The van der Waals surface area contributed by atoms with Gasteiger partial charge in [0, 0.05) is 12.1 Å². The highest BCUT2D eigenvalue weighted by Gasteiger charge is 2.61. The summed E-state index contributed by atoms with van der Waals surface area (Å²) in [6, 6.07) is 25.4. The van der Waals surface area contributed by atoms with E-state index in [0.29, 0.717) is 5.56 Å². The summed E-state index contributed by atoms with van der Waals surface area (Å²) in [6.45, 7) is 3.91. The third kappa shape index (κ3) is 5.46. The molecular formula is C28H30N2O6S. The Kier molecular flexibility index (Phi) is 6.91. The first-order valence-corrected chi connectivity index (χ1v) is 13.6. The van der Waals surface area contributed by atoms with E-state index in [0.717, 1.165) is 11.1 Å². The summed E-state index contributed by atoms with van der Waals surface area (Å²) in [5, 5.41) is 2.92. The van der Waals surface area contributed by atoms with Gasteiger partial charge in [-0.05, 0) is 49.2 Å². The van der Waals surface area contributed by atoms with Crippen molar-refractivity contribution >= 4 is 15.9 Å². The number of sulfonamides is 1. The SMILES string of the molecule is CC1(C)O[C@@H]2[C@@H](CNS(=O)(=O)c3ccc(-c4ccccc4)cc3)OC[C@]2(CNC(=O)c2ccccc2)O1. The van der Waals surface area contributed by atoms with Crippen LogP contribution in [0.5, 0.6) is 0 Å². The predicted molar refractivity (Wildman–Crippen MR) is 138 cm³/mol. The summed E-state index contributed by atoms with van der Waals surface area (Å²) >= 11 is 0. The zero-order valence-corrected chi connectivity index (χ0v) is 21.5. The van der Waals surface area contributed by atoms with Crippen LogP contribution in [-0.4, -0.2) is 57.6 Å². The molecule has 0 aromatic heterocycles. The van der Waals surface area contributed by atoms with Crippen LogP contribution in [-0.2, 0) is 24.2 Å². The van der Waals surface area contributed by atoms with Crippen molar-refractivity contribution in [3.8, 4) is 11.1 Å². The smallest absolute Gasteiger partial charge is 0.251 e. The molecule has 0 spiro atoms. The average Bonchev–Trinajstić information content (AvgIpc) is 3.37. The molecule has 3 aromatic rings. The van der Waals surface area contributed by atoms with Crippen LogP contribution < -0.4 is 10.0 Å². The average molecular weight is 523 g/mol. The second-order valence-corrected chi connectivity index (χ2v) is 11.5. The first kappa shape index (κ1) is 25.6. The highest BCUT2D eigenvalue weighted by Crippen LogP contribution is 2.43. The number of carbonyl (C=O) groups is 1. The number of amides is 1. The number of fused-ring (bicyclic) bond motifs is 1. The van der Waals surface area contributed by atoms with Gasteiger partial charge in [0.15, 0.2) is 5.79 Å². The van der Waals surface area contributed by atoms with E-state index >= 15 is 0 Å².